The fourth-order valence-electron chi connectivity index (χ4n) is 4.86. The number of amides is 2. The third kappa shape index (κ3) is 9.09. The Hall–Kier alpha value is -3.32. The summed E-state index contributed by atoms with van der Waals surface area (Å²) in [6, 6.07) is 11.9. The number of methoxy groups -OCH3 is 1. The van der Waals surface area contributed by atoms with Gasteiger partial charge >= 0.3 is 6.36 Å². The van der Waals surface area contributed by atoms with E-state index in [1.165, 1.54) is 22.6 Å². The first kappa shape index (κ1) is 30.6. The number of hydrogen-bond acceptors (Lipinski definition) is 7. The Bertz CT molecular complexity index is 1290. The van der Waals surface area contributed by atoms with Crippen molar-refractivity contribution in [3.05, 3.63) is 59.7 Å². The fourth-order valence-corrected chi connectivity index (χ4v) is 6.06. The van der Waals surface area contributed by atoms with Crippen LogP contribution in [0.15, 0.2) is 48.5 Å². The molecule has 3 atom stereocenters. The number of benzene rings is 2. The number of carbonyl (C=O) groups excluding carboxylic acids is 2. The molecule has 9 nitrogen and oxygen atoms in total. The number of carbonyl (C=O) groups is 2. The predicted octanol–water partition coefficient (Wildman–Crippen LogP) is 3.27. The van der Waals surface area contributed by atoms with E-state index in [0.717, 1.165) is 37.3 Å². The molecule has 0 radical (unpaired) electrons. The molecule has 3 unspecified atom stereocenters. The van der Waals surface area contributed by atoms with E-state index < -0.39 is 33.9 Å². The first-order valence-corrected chi connectivity index (χ1v) is 15.3. The molecule has 13 heteroatoms. The van der Waals surface area contributed by atoms with E-state index >= 15 is 0 Å². The Morgan fingerprint density at radius 1 is 1.00 bits per heavy atom. The van der Waals surface area contributed by atoms with Gasteiger partial charge in [-0.25, -0.2) is 8.42 Å². The Kier molecular flexibility index (Phi) is 9.80. The zero-order chi connectivity index (χ0) is 29.6. The van der Waals surface area contributed by atoms with Crippen LogP contribution in [0.2, 0.25) is 0 Å². The van der Waals surface area contributed by atoms with Crippen LogP contribution < -0.4 is 20.1 Å². The highest BCUT2D eigenvalue weighted by Gasteiger charge is 2.37. The average Bonchev–Trinajstić information content (AvgIpc) is 3.71. The Morgan fingerprint density at radius 3 is 2.24 bits per heavy atom. The van der Waals surface area contributed by atoms with Crippen molar-refractivity contribution in [2.45, 2.75) is 50.0 Å². The molecule has 0 bridgehead atoms. The molecule has 2 N–H and O–H groups in total. The van der Waals surface area contributed by atoms with E-state index in [2.05, 4.69) is 27.5 Å². The summed E-state index contributed by atoms with van der Waals surface area (Å²) in [6.45, 7) is 0.828. The van der Waals surface area contributed by atoms with Gasteiger partial charge in [-0.15, -0.1) is 13.2 Å². The minimum atomic E-state index is -4.85. The number of nitrogens with one attached hydrogen (secondary N) is 2. The number of alkyl halides is 3. The lowest BCUT2D eigenvalue weighted by molar-refractivity contribution is -0.274. The molecule has 0 aromatic heterocycles. The summed E-state index contributed by atoms with van der Waals surface area (Å²) in [4.78, 5) is 27.6. The van der Waals surface area contributed by atoms with Crippen LogP contribution in [0.1, 0.15) is 47.5 Å². The normalized spacial score (nSPS) is 20.6. The summed E-state index contributed by atoms with van der Waals surface area (Å²) >= 11 is 0. The maximum absolute atomic E-state index is 13.3. The summed E-state index contributed by atoms with van der Waals surface area (Å²) in [5, 5.41) is 6.22. The summed E-state index contributed by atoms with van der Waals surface area (Å²) in [5.74, 6) is -0.480. The molecular weight excluding hydrogens is 563 g/mol. The first-order chi connectivity index (χ1) is 19.4. The van der Waals surface area contributed by atoms with Gasteiger partial charge in [-0.3, -0.25) is 9.59 Å². The Balaban J connectivity index is 1.29. The molecule has 2 aromatic rings. The van der Waals surface area contributed by atoms with Gasteiger partial charge in [-0.05, 0) is 74.2 Å². The number of nitrogens with zero attached hydrogens (tertiary/aromatic N) is 1. The van der Waals surface area contributed by atoms with Crippen molar-refractivity contribution >= 4 is 21.7 Å². The minimum Gasteiger partial charge on any atom is -0.497 e. The summed E-state index contributed by atoms with van der Waals surface area (Å²) < 4.78 is 70.0. The third-order valence-corrected chi connectivity index (χ3v) is 8.88. The molecule has 0 spiro atoms. The number of ether oxygens (including phenoxy) is 2. The maximum atomic E-state index is 13.3. The molecule has 4 rings (SSSR count). The van der Waals surface area contributed by atoms with E-state index in [1.807, 2.05) is 12.1 Å². The molecule has 1 heterocycles. The SMILES string of the molecule is COc1ccc(C2CC2NCCCCC(NC(=O)c2ccc(OC(F)(F)F)cc2)C(=O)N2CCS(=O)(=O)CC2)cc1. The van der Waals surface area contributed by atoms with Gasteiger partial charge in [0.05, 0.1) is 18.6 Å². The summed E-state index contributed by atoms with van der Waals surface area (Å²) in [6.07, 6.45) is -2.11. The quantitative estimate of drug-likeness (QED) is 0.361. The third-order valence-electron chi connectivity index (χ3n) is 7.27. The zero-order valence-electron chi connectivity index (χ0n) is 22.7. The van der Waals surface area contributed by atoms with Gasteiger partial charge in [0, 0.05) is 30.6 Å². The maximum Gasteiger partial charge on any atom is 0.573 e. The molecule has 41 heavy (non-hydrogen) atoms. The second-order valence-electron chi connectivity index (χ2n) is 10.2. The highest BCUT2D eigenvalue weighted by molar-refractivity contribution is 7.91. The topological polar surface area (TPSA) is 114 Å². The zero-order valence-corrected chi connectivity index (χ0v) is 23.5. The molecule has 1 saturated carbocycles. The van der Waals surface area contributed by atoms with Crippen molar-refractivity contribution in [2.75, 3.05) is 38.2 Å². The monoisotopic (exact) mass is 597 g/mol. The molecule has 1 aliphatic carbocycles. The second kappa shape index (κ2) is 13.1. The number of hydrogen-bond donors (Lipinski definition) is 2. The molecule has 2 aliphatic rings. The van der Waals surface area contributed by atoms with Crippen molar-refractivity contribution in [3.8, 4) is 11.5 Å². The van der Waals surface area contributed by atoms with E-state index in [1.54, 1.807) is 7.11 Å². The van der Waals surface area contributed by atoms with Gasteiger partial charge < -0.3 is 25.0 Å². The summed E-state index contributed by atoms with van der Waals surface area (Å²) in [7, 11) is -1.57. The van der Waals surface area contributed by atoms with Crippen LogP contribution in [-0.4, -0.2) is 81.8 Å². The standard InChI is InChI=1S/C28H34F3N3O6S/c1-39-21-9-5-19(6-10-21)23-18-25(23)32-13-3-2-4-24(27(36)34-14-16-41(37,38)17-15-34)33-26(35)20-7-11-22(12-8-20)40-28(29,30)31/h5-12,23-25,32H,2-4,13-18H2,1H3,(H,33,35). The molecule has 1 aliphatic heterocycles. The Morgan fingerprint density at radius 2 is 1.63 bits per heavy atom. The lowest BCUT2D eigenvalue weighted by Gasteiger charge is -2.30. The van der Waals surface area contributed by atoms with Crippen LogP contribution in [0.25, 0.3) is 0 Å². The average molecular weight is 598 g/mol. The van der Waals surface area contributed by atoms with Gasteiger partial charge in [0.1, 0.15) is 17.5 Å². The van der Waals surface area contributed by atoms with Crippen LogP contribution in [-0.2, 0) is 14.6 Å². The van der Waals surface area contributed by atoms with E-state index in [0.29, 0.717) is 24.8 Å². The largest absolute Gasteiger partial charge is 0.573 e. The number of halogens is 3. The lowest BCUT2D eigenvalue weighted by atomic mass is 10.1. The van der Waals surface area contributed by atoms with Crippen LogP contribution >= 0.6 is 0 Å². The first-order valence-electron chi connectivity index (χ1n) is 13.5. The number of unbranched alkanes of at least 4 members (excludes halogenated alkanes) is 1. The van der Waals surface area contributed by atoms with Gasteiger partial charge in [0.15, 0.2) is 9.84 Å². The smallest absolute Gasteiger partial charge is 0.497 e. The van der Waals surface area contributed by atoms with Crippen LogP contribution in [0, 0.1) is 0 Å². The molecule has 2 aromatic carbocycles. The number of rotatable bonds is 12. The summed E-state index contributed by atoms with van der Waals surface area (Å²) in [5.41, 5.74) is 1.32. The molecule has 2 fully saturated rings. The molecule has 2 amide bonds. The highest BCUT2D eigenvalue weighted by atomic mass is 32.2. The lowest BCUT2D eigenvalue weighted by Crippen LogP contribution is -2.52. The van der Waals surface area contributed by atoms with Gasteiger partial charge in [0.2, 0.25) is 5.91 Å². The van der Waals surface area contributed by atoms with E-state index in [4.69, 9.17) is 4.74 Å². The second-order valence-corrected chi connectivity index (χ2v) is 12.6. The Labute approximate surface area is 237 Å². The van der Waals surface area contributed by atoms with Gasteiger partial charge in [-0.1, -0.05) is 12.1 Å². The van der Waals surface area contributed by atoms with Crippen molar-refractivity contribution in [2.24, 2.45) is 0 Å². The van der Waals surface area contributed by atoms with Crippen molar-refractivity contribution < 1.29 is 40.7 Å². The van der Waals surface area contributed by atoms with E-state index in [-0.39, 0.29) is 36.1 Å². The van der Waals surface area contributed by atoms with Gasteiger partial charge in [0.25, 0.3) is 5.91 Å². The van der Waals surface area contributed by atoms with Crippen molar-refractivity contribution in [1.29, 1.82) is 0 Å². The minimum absolute atomic E-state index is 0.0486. The van der Waals surface area contributed by atoms with Crippen LogP contribution in [0.3, 0.4) is 0 Å². The number of sulfone groups is 1. The molecule has 1 saturated heterocycles. The predicted molar refractivity (Wildman–Crippen MR) is 146 cm³/mol. The van der Waals surface area contributed by atoms with Crippen molar-refractivity contribution in [3.63, 3.8) is 0 Å². The fraction of sp³-hybridized carbons (Fsp3) is 0.500. The van der Waals surface area contributed by atoms with Crippen molar-refractivity contribution in [1.82, 2.24) is 15.5 Å². The van der Waals surface area contributed by atoms with E-state index in [9.17, 15) is 31.2 Å². The van der Waals surface area contributed by atoms with Gasteiger partial charge in [-0.2, -0.15) is 0 Å². The molecular formula is C28H34F3N3O6S. The van der Waals surface area contributed by atoms with Crippen LogP contribution in [0.5, 0.6) is 11.5 Å². The molecule has 224 valence electrons. The van der Waals surface area contributed by atoms with Crippen LogP contribution in [0.4, 0.5) is 13.2 Å². The highest BCUT2D eigenvalue weighted by Crippen LogP contribution is 2.41.